The number of hydrogen-bond donors (Lipinski definition) is 1. The normalized spacial score (nSPS) is 10.5. The monoisotopic (exact) mass is 478 g/mol. The van der Waals surface area contributed by atoms with E-state index >= 15 is 0 Å². The number of amides is 2. The zero-order chi connectivity index (χ0) is 22.1. The quantitative estimate of drug-likeness (QED) is 0.464. The molecule has 0 saturated carbocycles. The lowest BCUT2D eigenvalue weighted by molar-refractivity contribution is -0.148. The van der Waals surface area contributed by atoms with Crippen molar-refractivity contribution in [2.45, 2.75) is 0 Å². The molecule has 2 rings (SSSR count). The third kappa shape index (κ3) is 7.32. The number of carbonyl (C=O) groups is 3. The zero-order valence-corrected chi connectivity index (χ0v) is 17.9. The fourth-order valence-corrected chi connectivity index (χ4v) is 2.70. The number of hydrogen-bond acceptors (Lipinski definition) is 5. The van der Waals surface area contributed by atoms with Crippen molar-refractivity contribution in [1.29, 1.82) is 0 Å². The predicted octanol–water partition coefficient (Wildman–Crippen LogP) is 3.25. The van der Waals surface area contributed by atoms with Crippen LogP contribution in [0.5, 0.6) is 5.75 Å². The number of methoxy groups -OCH3 is 1. The van der Waals surface area contributed by atoms with E-state index in [1.807, 2.05) is 0 Å². The molecule has 30 heavy (non-hydrogen) atoms. The fraction of sp³-hybridized carbons (Fsp3) is 0.190. The first kappa shape index (κ1) is 23.1. The van der Waals surface area contributed by atoms with Crippen LogP contribution in [0.1, 0.15) is 5.56 Å². The molecular formula is C21H20BrFN2O5. The van der Waals surface area contributed by atoms with Crippen molar-refractivity contribution < 1.29 is 28.2 Å². The van der Waals surface area contributed by atoms with Crippen LogP contribution in [0.15, 0.2) is 53.0 Å². The summed E-state index contributed by atoms with van der Waals surface area (Å²) in [5, 5.41) is 2.54. The van der Waals surface area contributed by atoms with Crippen LogP contribution in [0.25, 0.3) is 6.08 Å². The Morgan fingerprint density at radius 3 is 2.53 bits per heavy atom. The Labute approximate surface area is 181 Å². The molecule has 0 atom stereocenters. The fourth-order valence-electron chi connectivity index (χ4n) is 2.32. The number of anilines is 1. The lowest BCUT2D eigenvalue weighted by atomic mass is 10.2. The molecule has 0 bridgehead atoms. The topological polar surface area (TPSA) is 84.9 Å². The smallest absolute Gasteiger partial charge is 0.331 e. The van der Waals surface area contributed by atoms with Gasteiger partial charge in [0.1, 0.15) is 11.6 Å². The Bertz CT molecular complexity index is 947. The Balaban J connectivity index is 1.81. The number of likely N-dealkylation sites (N-methyl/N-ethyl adjacent to an activating group) is 1. The summed E-state index contributed by atoms with van der Waals surface area (Å²) < 4.78 is 23.8. The second kappa shape index (κ2) is 11.1. The summed E-state index contributed by atoms with van der Waals surface area (Å²) in [5.41, 5.74) is 1.06. The molecule has 0 spiro atoms. The highest BCUT2D eigenvalue weighted by atomic mass is 79.9. The van der Waals surface area contributed by atoms with Crippen LogP contribution in [-0.2, 0) is 19.1 Å². The van der Waals surface area contributed by atoms with Crippen LogP contribution >= 0.6 is 15.9 Å². The van der Waals surface area contributed by atoms with Crippen molar-refractivity contribution in [3.63, 3.8) is 0 Å². The number of benzene rings is 2. The average Bonchev–Trinajstić information content (AvgIpc) is 2.72. The summed E-state index contributed by atoms with van der Waals surface area (Å²) in [5.74, 6) is -1.58. The molecule has 0 fully saturated rings. The zero-order valence-electron chi connectivity index (χ0n) is 16.4. The highest BCUT2D eigenvalue weighted by Gasteiger charge is 2.15. The van der Waals surface area contributed by atoms with Gasteiger partial charge in [0.25, 0.3) is 5.91 Å². The van der Waals surface area contributed by atoms with Gasteiger partial charge in [-0.2, -0.15) is 0 Å². The highest BCUT2D eigenvalue weighted by molar-refractivity contribution is 9.10. The number of halogens is 2. The minimum atomic E-state index is -0.713. The number of rotatable bonds is 8. The lowest BCUT2D eigenvalue weighted by Gasteiger charge is -2.16. The molecule has 0 saturated heterocycles. The summed E-state index contributed by atoms with van der Waals surface area (Å²) in [6.45, 7) is -0.766. The molecule has 2 aromatic carbocycles. The van der Waals surface area contributed by atoms with Gasteiger partial charge in [0.2, 0.25) is 5.91 Å². The molecule has 158 valence electrons. The van der Waals surface area contributed by atoms with Gasteiger partial charge in [0, 0.05) is 28.8 Å². The van der Waals surface area contributed by atoms with Gasteiger partial charge in [0.05, 0.1) is 13.7 Å². The minimum absolute atomic E-state index is 0.251. The van der Waals surface area contributed by atoms with Gasteiger partial charge in [-0.3, -0.25) is 9.59 Å². The number of ether oxygens (including phenoxy) is 2. The van der Waals surface area contributed by atoms with E-state index in [4.69, 9.17) is 9.47 Å². The van der Waals surface area contributed by atoms with Gasteiger partial charge in [-0.05, 0) is 48.5 Å². The number of carbonyl (C=O) groups excluding carboxylic acids is 3. The Kier molecular flexibility index (Phi) is 8.54. The molecule has 2 aromatic rings. The molecule has 7 nitrogen and oxygen atoms in total. The Morgan fingerprint density at radius 1 is 1.17 bits per heavy atom. The molecule has 9 heteroatoms. The first-order valence-corrected chi connectivity index (χ1v) is 9.55. The van der Waals surface area contributed by atoms with Crippen LogP contribution in [0.3, 0.4) is 0 Å². The van der Waals surface area contributed by atoms with E-state index in [2.05, 4.69) is 21.2 Å². The first-order valence-electron chi connectivity index (χ1n) is 8.76. The van der Waals surface area contributed by atoms with Gasteiger partial charge >= 0.3 is 5.97 Å². The molecule has 1 N–H and O–H groups in total. The largest absolute Gasteiger partial charge is 0.496 e. The second-order valence-corrected chi connectivity index (χ2v) is 7.05. The summed E-state index contributed by atoms with van der Waals surface area (Å²) in [7, 11) is 2.92. The molecule has 0 unspecified atom stereocenters. The Morgan fingerprint density at radius 2 is 1.87 bits per heavy atom. The lowest BCUT2D eigenvalue weighted by Crippen LogP contribution is -2.37. The van der Waals surface area contributed by atoms with E-state index < -0.39 is 30.2 Å². The van der Waals surface area contributed by atoms with Gasteiger partial charge in [0.15, 0.2) is 6.61 Å². The SMILES string of the molecule is COc1ccc(Br)cc1/C=C/C(=O)OCC(=O)N(C)CC(=O)Nc1ccc(F)cc1. The number of nitrogens with one attached hydrogen (secondary N) is 1. The third-order valence-electron chi connectivity index (χ3n) is 3.86. The van der Waals surface area contributed by atoms with Crippen LogP contribution in [0.4, 0.5) is 10.1 Å². The maximum Gasteiger partial charge on any atom is 0.331 e. The summed E-state index contributed by atoms with van der Waals surface area (Å²) in [6.07, 6.45) is 2.69. The van der Waals surface area contributed by atoms with Crippen LogP contribution in [0, 0.1) is 5.82 Å². The standard InChI is InChI=1S/C21H20BrFN2O5/c1-25(12-19(26)24-17-7-5-16(23)6-8-17)20(27)13-30-21(28)10-3-14-11-15(22)4-9-18(14)29-2/h3-11H,12-13H2,1-2H3,(H,24,26)/b10-3+. The minimum Gasteiger partial charge on any atom is -0.496 e. The Hall–Kier alpha value is -3.20. The van der Waals surface area contributed by atoms with Crippen molar-refractivity contribution in [2.24, 2.45) is 0 Å². The van der Waals surface area contributed by atoms with E-state index in [1.54, 1.807) is 18.2 Å². The van der Waals surface area contributed by atoms with Crippen molar-refractivity contribution in [3.8, 4) is 5.75 Å². The van der Waals surface area contributed by atoms with Gasteiger partial charge in [-0.25, -0.2) is 9.18 Å². The van der Waals surface area contributed by atoms with Crippen molar-refractivity contribution in [2.75, 3.05) is 32.6 Å². The van der Waals surface area contributed by atoms with Crippen molar-refractivity contribution >= 4 is 45.5 Å². The van der Waals surface area contributed by atoms with Gasteiger partial charge in [-0.1, -0.05) is 15.9 Å². The number of nitrogens with zero attached hydrogens (tertiary/aromatic N) is 1. The molecule has 0 heterocycles. The van der Waals surface area contributed by atoms with Crippen LogP contribution in [-0.4, -0.2) is 50.0 Å². The molecular weight excluding hydrogens is 459 g/mol. The van der Waals surface area contributed by atoms with E-state index in [-0.39, 0.29) is 6.54 Å². The van der Waals surface area contributed by atoms with E-state index in [1.165, 1.54) is 50.6 Å². The summed E-state index contributed by atoms with van der Waals surface area (Å²) in [4.78, 5) is 37.0. The molecule has 0 aliphatic carbocycles. The van der Waals surface area contributed by atoms with Crippen molar-refractivity contribution in [1.82, 2.24) is 4.90 Å². The van der Waals surface area contributed by atoms with Gasteiger partial charge < -0.3 is 19.7 Å². The van der Waals surface area contributed by atoms with E-state index in [0.29, 0.717) is 17.0 Å². The summed E-state index contributed by atoms with van der Waals surface area (Å²) >= 11 is 3.34. The maximum atomic E-state index is 12.9. The van der Waals surface area contributed by atoms with Crippen LogP contribution < -0.4 is 10.1 Å². The van der Waals surface area contributed by atoms with Crippen LogP contribution in [0.2, 0.25) is 0 Å². The molecule has 0 aliphatic heterocycles. The van der Waals surface area contributed by atoms with E-state index in [0.717, 1.165) is 9.37 Å². The number of esters is 1. The molecule has 0 aliphatic rings. The molecule has 0 aromatic heterocycles. The molecule has 2 amide bonds. The second-order valence-electron chi connectivity index (χ2n) is 6.13. The average molecular weight is 479 g/mol. The van der Waals surface area contributed by atoms with Gasteiger partial charge in [-0.15, -0.1) is 0 Å². The van der Waals surface area contributed by atoms with Crippen molar-refractivity contribution in [3.05, 3.63) is 64.4 Å². The predicted molar refractivity (Wildman–Crippen MR) is 113 cm³/mol. The summed E-state index contributed by atoms with van der Waals surface area (Å²) in [6, 6.07) is 10.5. The first-order chi connectivity index (χ1) is 14.3. The maximum absolute atomic E-state index is 12.9. The van der Waals surface area contributed by atoms with E-state index in [9.17, 15) is 18.8 Å². The highest BCUT2D eigenvalue weighted by Crippen LogP contribution is 2.24. The third-order valence-corrected chi connectivity index (χ3v) is 4.36. The molecule has 0 radical (unpaired) electrons.